The van der Waals surface area contributed by atoms with Gasteiger partial charge in [0, 0.05) is 29.8 Å². The number of aromatic amines is 1. The third-order valence-electron chi connectivity index (χ3n) is 5.68. The first-order valence-corrected chi connectivity index (χ1v) is 10.3. The van der Waals surface area contributed by atoms with Crippen molar-refractivity contribution in [2.75, 3.05) is 0 Å². The van der Waals surface area contributed by atoms with Gasteiger partial charge >= 0.3 is 5.69 Å². The maximum Gasteiger partial charge on any atom is 0.332 e. The largest absolute Gasteiger partial charge is 0.361 e. The van der Waals surface area contributed by atoms with Gasteiger partial charge in [-0.2, -0.15) is 5.26 Å². The van der Waals surface area contributed by atoms with E-state index in [1.807, 2.05) is 30.5 Å². The summed E-state index contributed by atoms with van der Waals surface area (Å²) in [5.74, 6) is 0. The molecule has 32 heavy (non-hydrogen) atoms. The molecule has 2 aromatic carbocycles. The summed E-state index contributed by atoms with van der Waals surface area (Å²) >= 11 is 0. The van der Waals surface area contributed by atoms with Crippen molar-refractivity contribution in [2.45, 2.75) is 19.5 Å². The van der Waals surface area contributed by atoms with E-state index in [2.05, 4.69) is 16.0 Å². The van der Waals surface area contributed by atoms with Crippen LogP contribution in [0, 0.1) is 11.3 Å². The normalized spacial score (nSPS) is 11.1. The van der Waals surface area contributed by atoms with E-state index in [1.54, 1.807) is 42.6 Å². The summed E-state index contributed by atoms with van der Waals surface area (Å²) in [5, 5.41) is 10.5. The number of rotatable bonds is 5. The van der Waals surface area contributed by atoms with Gasteiger partial charge in [0.25, 0.3) is 5.56 Å². The van der Waals surface area contributed by atoms with Gasteiger partial charge in [-0.1, -0.05) is 30.3 Å². The minimum Gasteiger partial charge on any atom is -0.361 e. The summed E-state index contributed by atoms with van der Waals surface area (Å²) in [6.45, 7) is 0.517. The number of hydrogen-bond acceptors (Lipinski definition) is 4. The molecule has 1 N–H and O–H groups in total. The standard InChI is InChI=1S/C25H19N5O2/c26-14-17-7-9-18(10-8-17)16-30-23-21(5-3-12-27-23)24(31)29(25(30)32)13-11-19-15-28-22-6-2-1-4-20(19)22/h1-10,12,15,28H,11,13,16H2. The number of aromatic nitrogens is 4. The van der Waals surface area contributed by atoms with E-state index in [4.69, 9.17) is 5.26 Å². The van der Waals surface area contributed by atoms with Crippen LogP contribution in [0.25, 0.3) is 21.9 Å². The van der Waals surface area contributed by atoms with Crippen molar-refractivity contribution in [2.24, 2.45) is 0 Å². The molecule has 0 fully saturated rings. The number of nitrogens with one attached hydrogen (secondary N) is 1. The molecule has 5 aromatic rings. The van der Waals surface area contributed by atoms with E-state index in [0.717, 1.165) is 22.0 Å². The molecule has 0 unspecified atom stereocenters. The molecule has 0 aliphatic rings. The van der Waals surface area contributed by atoms with Crippen molar-refractivity contribution in [3.8, 4) is 6.07 Å². The highest BCUT2D eigenvalue weighted by Crippen LogP contribution is 2.18. The molecule has 0 radical (unpaired) electrons. The van der Waals surface area contributed by atoms with Crippen molar-refractivity contribution in [3.63, 3.8) is 0 Å². The molecule has 0 saturated heterocycles. The lowest BCUT2D eigenvalue weighted by Gasteiger charge is -2.13. The zero-order chi connectivity index (χ0) is 22.1. The van der Waals surface area contributed by atoms with E-state index in [-0.39, 0.29) is 18.6 Å². The number of pyridine rings is 1. The minimum absolute atomic E-state index is 0.255. The average Bonchev–Trinajstić information content (AvgIpc) is 3.25. The second kappa shape index (κ2) is 8.00. The number of aryl methyl sites for hydroxylation is 1. The Morgan fingerprint density at radius 1 is 0.938 bits per heavy atom. The fraction of sp³-hybridized carbons (Fsp3) is 0.120. The number of hydrogen-bond donors (Lipinski definition) is 1. The van der Waals surface area contributed by atoms with Gasteiger partial charge in [0.05, 0.1) is 23.6 Å². The van der Waals surface area contributed by atoms with E-state index in [1.165, 1.54) is 9.13 Å². The lowest BCUT2D eigenvalue weighted by Crippen LogP contribution is -2.41. The number of para-hydroxylation sites is 1. The molecule has 156 valence electrons. The third-order valence-corrected chi connectivity index (χ3v) is 5.68. The van der Waals surface area contributed by atoms with Gasteiger partial charge in [0.15, 0.2) is 0 Å². The molecular weight excluding hydrogens is 402 g/mol. The highest BCUT2D eigenvalue weighted by Gasteiger charge is 2.15. The monoisotopic (exact) mass is 421 g/mol. The Kier molecular flexibility index (Phi) is 4.88. The summed E-state index contributed by atoms with van der Waals surface area (Å²) in [6, 6.07) is 20.5. The maximum atomic E-state index is 13.4. The van der Waals surface area contributed by atoms with Crippen LogP contribution in [0.15, 0.2) is 82.6 Å². The zero-order valence-electron chi connectivity index (χ0n) is 17.2. The van der Waals surface area contributed by atoms with E-state index < -0.39 is 5.69 Å². The average molecular weight is 421 g/mol. The smallest absolute Gasteiger partial charge is 0.332 e. The lowest BCUT2D eigenvalue weighted by molar-refractivity contribution is 0.588. The van der Waals surface area contributed by atoms with Crippen molar-refractivity contribution >= 4 is 21.9 Å². The third kappa shape index (κ3) is 3.38. The molecule has 0 bridgehead atoms. The molecule has 0 atom stereocenters. The summed E-state index contributed by atoms with van der Waals surface area (Å²) in [6.07, 6.45) is 4.04. The van der Waals surface area contributed by atoms with Crippen molar-refractivity contribution in [1.82, 2.24) is 19.1 Å². The van der Waals surface area contributed by atoms with E-state index in [9.17, 15) is 9.59 Å². The number of H-pyrrole nitrogens is 1. The first-order valence-electron chi connectivity index (χ1n) is 10.3. The van der Waals surface area contributed by atoms with Crippen LogP contribution >= 0.6 is 0 Å². The first kappa shape index (κ1) is 19.5. The molecule has 7 heteroatoms. The summed E-state index contributed by atoms with van der Waals surface area (Å²) < 4.78 is 2.81. The molecule has 0 spiro atoms. The van der Waals surface area contributed by atoms with Crippen LogP contribution in [0.2, 0.25) is 0 Å². The van der Waals surface area contributed by atoms with Crippen LogP contribution in [0.4, 0.5) is 0 Å². The fourth-order valence-electron chi connectivity index (χ4n) is 4.03. The van der Waals surface area contributed by atoms with Crippen molar-refractivity contribution in [1.29, 1.82) is 5.26 Å². The van der Waals surface area contributed by atoms with Gasteiger partial charge in [0.1, 0.15) is 5.65 Å². The predicted octanol–water partition coefficient (Wildman–Crippen LogP) is 3.20. The van der Waals surface area contributed by atoms with Crippen LogP contribution in [0.3, 0.4) is 0 Å². The number of nitrogens with zero attached hydrogens (tertiary/aromatic N) is 4. The van der Waals surface area contributed by atoms with Gasteiger partial charge in [-0.15, -0.1) is 0 Å². The molecule has 0 amide bonds. The van der Waals surface area contributed by atoms with E-state index in [0.29, 0.717) is 23.0 Å². The minimum atomic E-state index is -0.398. The molecule has 3 heterocycles. The van der Waals surface area contributed by atoms with E-state index >= 15 is 0 Å². The second-order valence-electron chi connectivity index (χ2n) is 7.62. The Morgan fingerprint density at radius 3 is 2.53 bits per heavy atom. The highest BCUT2D eigenvalue weighted by molar-refractivity contribution is 5.83. The lowest BCUT2D eigenvalue weighted by atomic mass is 10.1. The quantitative estimate of drug-likeness (QED) is 0.471. The Bertz CT molecular complexity index is 1600. The SMILES string of the molecule is N#Cc1ccc(Cn2c(=O)n(CCc3c[nH]c4ccccc34)c(=O)c3cccnc32)cc1. The first-order chi connectivity index (χ1) is 15.7. The molecule has 3 aromatic heterocycles. The van der Waals surface area contributed by atoms with Crippen LogP contribution in [-0.4, -0.2) is 19.1 Å². The summed E-state index contributed by atoms with van der Waals surface area (Å²) in [5.41, 5.74) is 3.09. The zero-order valence-corrected chi connectivity index (χ0v) is 17.2. The van der Waals surface area contributed by atoms with Gasteiger partial charge in [0.2, 0.25) is 0 Å². The maximum absolute atomic E-state index is 13.4. The van der Waals surface area contributed by atoms with Crippen molar-refractivity contribution in [3.05, 3.63) is 111 Å². The number of fused-ring (bicyclic) bond motifs is 2. The van der Waals surface area contributed by atoms with Gasteiger partial charge in [-0.3, -0.25) is 13.9 Å². The van der Waals surface area contributed by atoms with Crippen LogP contribution in [0.1, 0.15) is 16.7 Å². The topological polar surface area (TPSA) is 96.5 Å². The predicted molar refractivity (Wildman–Crippen MR) is 123 cm³/mol. The Labute approximate surface area is 182 Å². The van der Waals surface area contributed by atoms with Crippen LogP contribution in [0.5, 0.6) is 0 Å². The van der Waals surface area contributed by atoms with Crippen LogP contribution < -0.4 is 11.2 Å². The highest BCUT2D eigenvalue weighted by atomic mass is 16.2. The van der Waals surface area contributed by atoms with Crippen LogP contribution in [-0.2, 0) is 19.5 Å². The molecule has 0 aliphatic carbocycles. The Hall–Kier alpha value is -4.44. The molecule has 5 rings (SSSR count). The Balaban J connectivity index is 1.57. The summed E-state index contributed by atoms with van der Waals surface area (Å²) in [4.78, 5) is 34.1. The van der Waals surface area contributed by atoms with Gasteiger partial charge in [-0.25, -0.2) is 9.78 Å². The molecular formula is C25H19N5O2. The molecule has 0 saturated carbocycles. The molecule has 0 aliphatic heterocycles. The van der Waals surface area contributed by atoms with Gasteiger partial charge in [-0.05, 0) is 47.9 Å². The van der Waals surface area contributed by atoms with Crippen molar-refractivity contribution < 1.29 is 0 Å². The Morgan fingerprint density at radius 2 is 1.72 bits per heavy atom. The summed E-state index contributed by atoms with van der Waals surface area (Å²) in [7, 11) is 0. The second-order valence-corrected chi connectivity index (χ2v) is 7.62. The van der Waals surface area contributed by atoms with Gasteiger partial charge < -0.3 is 4.98 Å². The number of nitriles is 1. The fourth-order valence-corrected chi connectivity index (χ4v) is 4.03. The molecule has 7 nitrogen and oxygen atoms in total. The number of benzene rings is 2.